The van der Waals surface area contributed by atoms with Crippen molar-refractivity contribution >= 4 is 5.91 Å². The summed E-state index contributed by atoms with van der Waals surface area (Å²) in [7, 11) is 0. The van der Waals surface area contributed by atoms with Gasteiger partial charge in [-0.15, -0.1) is 0 Å². The lowest BCUT2D eigenvalue weighted by atomic mass is 9.84. The largest absolute Gasteiger partial charge is 0.494 e. The molecule has 1 aromatic carbocycles. The molecule has 0 aromatic heterocycles. The van der Waals surface area contributed by atoms with Crippen molar-refractivity contribution in [1.29, 1.82) is 0 Å². The third-order valence-electron chi connectivity index (χ3n) is 4.80. The molecule has 120 valence electrons. The second-order valence-electron chi connectivity index (χ2n) is 6.27. The molecule has 0 radical (unpaired) electrons. The number of hydrogen-bond donors (Lipinski definition) is 0. The van der Waals surface area contributed by atoms with Gasteiger partial charge in [0.15, 0.2) is 0 Å². The molecule has 3 rings (SSSR count). The average Bonchev–Trinajstić information content (AvgIpc) is 2.48. The number of rotatable bonds is 5. The number of para-hydroxylation sites is 1. The van der Waals surface area contributed by atoms with Gasteiger partial charge < -0.3 is 9.64 Å². The van der Waals surface area contributed by atoms with Crippen LogP contribution in [0.3, 0.4) is 0 Å². The van der Waals surface area contributed by atoms with Crippen LogP contribution in [0.25, 0.3) is 0 Å². The van der Waals surface area contributed by atoms with Crippen LogP contribution in [0.1, 0.15) is 31.7 Å². The third-order valence-corrected chi connectivity index (χ3v) is 4.80. The topological polar surface area (TPSA) is 32.8 Å². The van der Waals surface area contributed by atoms with E-state index in [1.165, 1.54) is 12.0 Å². The van der Waals surface area contributed by atoms with Crippen LogP contribution in [0.4, 0.5) is 0 Å². The monoisotopic (exact) mass is 302 g/mol. The summed E-state index contributed by atoms with van der Waals surface area (Å²) in [5.74, 6) is 1.70. The van der Waals surface area contributed by atoms with Gasteiger partial charge in [-0.3, -0.25) is 9.69 Å². The zero-order valence-electron chi connectivity index (χ0n) is 13.5. The summed E-state index contributed by atoms with van der Waals surface area (Å²) in [4.78, 5) is 16.8. The summed E-state index contributed by atoms with van der Waals surface area (Å²) >= 11 is 0. The Morgan fingerprint density at radius 3 is 2.55 bits per heavy atom. The van der Waals surface area contributed by atoms with Gasteiger partial charge in [0.2, 0.25) is 5.91 Å². The van der Waals surface area contributed by atoms with E-state index in [1.54, 1.807) is 0 Å². The van der Waals surface area contributed by atoms with Crippen LogP contribution in [-0.2, 0) is 11.3 Å². The van der Waals surface area contributed by atoms with Gasteiger partial charge in [-0.1, -0.05) is 24.6 Å². The van der Waals surface area contributed by atoms with E-state index in [1.807, 2.05) is 19.1 Å². The van der Waals surface area contributed by atoms with Crippen molar-refractivity contribution < 1.29 is 9.53 Å². The van der Waals surface area contributed by atoms with Gasteiger partial charge in [0.1, 0.15) is 5.75 Å². The first-order chi connectivity index (χ1) is 10.8. The molecule has 4 nitrogen and oxygen atoms in total. The summed E-state index contributed by atoms with van der Waals surface area (Å²) in [5.41, 5.74) is 1.24. The molecule has 1 aliphatic carbocycles. The van der Waals surface area contributed by atoms with Crippen molar-refractivity contribution in [2.75, 3.05) is 32.8 Å². The number of benzene rings is 1. The molecule has 1 saturated heterocycles. The zero-order chi connectivity index (χ0) is 15.4. The highest BCUT2D eigenvalue weighted by molar-refractivity contribution is 5.79. The fourth-order valence-corrected chi connectivity index (χ4v) is 3.21. The molecule has 0 spiro atoms. The molecule has 2 fully saturated rings. The van der Waals surface area contributed by atoms with E-state index in [0.29, 0.717) is 18.4 Å². The minimum absolute atomic E-state index is 0.324. The summed E-state index contributed by atoms with van der Waals surface area (Å²) in [6.45, 7) is 7.26. The van der Waals surface area contributed by atoms with E-state index in [4.69, 9.17) is 4.74 Å². The van der Waals surface area contributed by atoms with Crippen molar-refractivity contribution in [3.05, 3.63) is 29.8 Å². The molecular weight excluding hydrogens is 276 g/mol. The van der Waals surface area contributed by atoms with Crippen LogP contribution < -0.4 is 4.74 Å². The number of carbonyl (C=O) groups is 1. The standard InChI is InChI=1S/C18H26N2O2/c1-2-22-17-9-4-3-6-16(17)14-19-10-12-20(13-11-19)18(21)15-7-5-8-15/h3-4,6,9,15H,2,5,7-8,10-14H2,1H3. The van der Waals surface area contributed by atoms with Crippen molar-refractivity contribution in [3.63, 3.8) is 0 Å². The predicted octanol–water partition coefficient (Wildman–Crippen LogP) is 2.53. The first-order valence-corrected chi connectivity index (χ1v) is 8.49. The van der Waals surface area contributed by atoms with Gasteiger partial charge in [-0.2, -0.15) is 0 Å². The maximum atomic E-state index is 12.3. The number of hydrogen-bond acceptors (Lipinski definition) is 3. The first kappa shape index (κ1) is 15.3. The first-order valence-electron chi connectivity index (χ1n) is 8.49. The summed E-state index contributed by atoms with van der Waals surface area (Å²) in [5, 5.41) is 0. The van der Waals surface area contributed by atoms with E-state index in [9.17, 15) is 4.79 Å². The smallest absolute Gasteiger partial charge is 0.225 e. The van der Waals surface area contributed by atoms with Crippen LogP contribution in [-0.4, -0.2) is 48.5 Å². The molecule has 1 amide bonds. The van der Waals surface area contributed by atoms with Crippen molar-refractivity contribution in [1.82, 2.24) is 9.80 Å². The normalized spacial score (nSPS) is 19.8. The van der Waals surface area contributed by atoms with E-state index in [-0.39, 0.29) is 0 Å². The van der Waals surface area contributed by atoms with Gasteiger partial charge in [-0.25, -0.2) is 0 Å². The molecule has 1 aromatic rings. The molecule has 0 bridgehead atoms. The summed E-state index contributed by atoms with van der Waals surface area (Å²) in [6, 6.07) is 8.25. The summed E-state index contributed by atoms with van der Waals surface area (Å²) < 4.78 is 5.70. The van der Waals surface area contributed by atoms with E-state index < -0.39 is 0 Å². The van der Waals surface area contributed by atoms with Gasteiger partial charge in [-0.05, 0) is 25.8 Å². The maximum Gasteiger partial charge on any atom is 0.225 e. The van der Waals surface area contributed by atoms with Gasteiger partial charge in [0.25, 0.3) is 0 Å². The zero-order valence-corrected chi connectivity index (χ0v) is 13.5. The number of carbonyl (C=O) groups excluding carboxylic acids is 1. The Bertz CT molecular complexity index is 506. The van der Waals surface area contributed by atoms with Crippen LogP contribution in [0.15, 0.2) is 24.3 Å². The maximum absolute atomic E-state index is 12.3. The molecular formula is C18H26N2O2. The number of piperazine rings is 1. The predicted molar refractivity (Wildman–Crippen MR) is 86.8 cm³/mol. The Kier molecular flexibility index (Phi) is 4.98. The average molecular weight is 302 g/mol. The van der Waals surface area contributed by atoms with Crippen molar-refractivity contribution in [2.24, 2.45) is 5.92 Å². The summed E-state index contributed by atoms with van der Waals surface area (Å²) in [6.07, 6.45) is 3.42. The third kappa shape index (κ3) is 3.43. The quantitative estimate of drug-likeness (QED) is 0.838. The minimum atomic E-state index is 0.324. The Labute approximate surface area is 133 Å². The number of amides is 1. The Morgan fingerprint density at radius 1 is 1.18 bits per heavy atom. The van der Waals surface area contributed by atoms with E-state index >= 15 is 0 Å². The molecule has 2 aliphatic rings. The highest BCUT2D eigenvalue weighted by Gasteiger charge is 2.31. The van der Waals surface area contributed by atoms with Gasteiger partial charge in [0, 0.05) is 44.2 Å². The number of nitrogens with zero attached hydrogens (tertiary/aromatic N) is 2. The number of ether oxygens (including phenoxy) is 1. The van der Waals surface area contributed by atoms with E-state index in [0.717, 1.165) is 51.3 Å². The van der Waals surface area contributed by atoms with Crippen LogP contribution in [0.2, 0.25) is 0 Å². The van der Waals surface area contributed by atoms with E-state index in [2.05, 4.69) is 21.9 Å². The Hall–Kier alpha value is -1.55. The minimum Gasteiger partial charge on any atom is -0.494 e. The molecule has 1 heterocycles. The lowest BCUT2D eigenvalue weighted by molar-refractivity contribution is -0.140. The molecule has 0 unspecified atom stereocenters. The lowest BCUT2D eigenvalue weighted by Gasteiger charge is -2.38. The van der Waals surface area contributed by atoms with Crippen molar-refractivity contribution in [2.45, 2.75) is 32.7 Å². The second-order valence-corrected chi connectivity index (χ2v) is 6.27. The van der Waals surface area contributed by atoms with Crippen LogP contribution >= 0.6 is 0 Å². The lowest BCUT2D eigenvalue weighted by Crippen LogP contribution is -2.50. The van der Waals surface area contributed by atoms with Gasteiger partial charge >= 0.3 is 0 Å². The Balaban J connectivity index is 1.52. The molecule has 1 aliphatic heterocycles. The highest BCUT2D eigenvalue weighted by atomic mass is 16.5. The highest BCUT2D eigenvalue weighted by Crippen LogP contribution is 2.28. The fraction of sp³-hybridized carbons (Fsp3) is 0.611. The molecule has 4 heteroatoms. The second kappa shape index (κ2) is 7.14. The molecule has 0 N–H and O–H groups in total. The van der Waals surface area contributed by atoms with Crippen LogP contribution in [0, 0.1) is 5.92 Å². The molecule has 0 atom stereocenters. The van der Waals surface area contributed by atoms with Gasteiger partial charge in [0.05, 0.1) is 6.61 Å². The SMILES string of the molecule is CCOc1ccccc1CN1CCN(C(=O)C2CCC2)CC1. The molecule has 1 saturated carbocycles. The van der Waals surface area contributed by atoms with Crippen molar-refractivity contribution in [3.8, 4) is 5.75 Å². The molecule has 22 heavy (non-hydrogen) atoms. The van der Waals surface area contributed by atoms with Crippen LogP contribution in [0.5, 0.6) is 5.75 Å². The fourth-order valence-electron chi connectivity index (χ4n) is 3.21. The Morgan fingerprint density at radius 2 is 1.91 bits per heavy atom.